The lowest BCUT2D eigenvalue weighted by molar-refractivity contribution is -0.138. The number of ether oxygens (including phenoxy) is 1. The van der Waals surface area contributed by atoms with Crippen LogP contribution >= 0.6 is 0 Å². The van der Waals surface area contributed by atoms with Gasteiger partial charge in [-0.2, -0.15) is 0 Å². The van der Waals surface area contributed by atoms with Gasteiger partial charge in [0.2, 0.25) is 5.91 Å². The second-order valence-electron chi connectivity index (χ2n) is 9.21. The predicted octanol–water partition coefficient (Wildman–Crippen LogP) is 1.55. The van der Waals surface area contributed by atoms with Gasteiger partial charge in [0.05, 0.1) is 13.2 Å². The van der Waals surface area contributed by atoms with Crippen molar-refractivity contribution < 1.29 is 9.53 Å². The zero-order valence-electron chi connectivity index (χ0n) is 16.0. The summed E-state index contributed by atoms with van der Waals surface area (Å²) in [6.45, 7) is 5.32. The Balaban J connectivity index is 1.36. The molecule has 6 atom stereocenters. The molecule has 5 heteroatoms. The van der Waals surface area contributed by atoms with Gasteiger partial charge in [0, 0.05) is 30.0 Å². The first-order chi connectivity index (χ1) is 13.3. The maximum Gasteiger partial charge on any atom is 0.226 e. The van der Waals surface area contributed by atoms with E-state index in [1.165, 1.54) is 31.5 Å². The molecule has 0 radical (unpaired) electrons. The standard InChI is InChI=1S/C22H29N3O2/c1-27-18-5-3-2-4-14(18)17-12-25(22(26)19-15-10-23-11-16(15)19)20-13-6-8-24(9-7-13)21(17)20/h2-5,13,15-17,19-21,23H,6-12H2,1H3/t15-,16+,17-,19?,20+,21+/m0/s1. The molecule has 144 valence electrons. The van der Waals surface area contributed by atoms with Crippen LogP contribution in [0.2, 0.25) is 0 Å². The summed E-state index contributed by atoms with van der Waals surface area (Å²) in [5.74, 6) is 3.97. The summed E-state index contributed by atoms with van der Waals surface area (Å²) in [7, 11) is 1.76. The van der Waals surface area contributed by atoms with Crippen LogP contribution in [-0.2, 0) is 4.79 Å². The van der Waals surface area contributed by atoms with Crippen molar-refractivity contribution in [2.24, 2.45) is 23.7 Å². The summed E-state index contributed by atoms with van der Waals surface area (Å²) in [5.41, 5.74) is 1.29. The molecule has 1 amide bonds. The number of nitrogens with one attached hydrogen (secondary N) is 1. The molecule has 7 rings (SSSR count). The summed E-state index contributed by atoms with van der Waals surface area (Å²) in [6, 6.07) is 9.32. The molecule has 1 aliphatic carbocycles. The number of benzene rings is 1. The zero-order chi connectivity index (χ0) is 18.1. The predicted molar refractivity (Wildman–Crippen MR) is 103 cm³/mol. The molecule has 1 saturated carbocycles. The Morgan fingerprint density at radius 1 is 1.11 bits per heavy atom. The number of likely N-dealkylation sites (tertiary alicyclic amines) is 1. The monoisotopic (exact) mass is 367 g/mol. The third-order valence-corrected chi connectivity index (χ3v) is 8.19. The van der Waals surface area contributed by atoms with Crippen LogP contribution in [0, 0.1) is 23.7 Å². The second-order valence-corrected chi connectivity index (χ2v) is 9.21. The topological polar surface area (TPSA) is 44.8 Å². The number of fused-ring (bicyclic) bond motifs is 3. The first-order valence-corrected chi connectivity index (χ1v) is 10.7. The molecule has 1 aromatic carbocycles. The molecule has 1 unspecified atom stereocenters. The number of methoxy groups -OCH3 is 1. The molecular formula is C22H29N3O2. The summed E-state index contributed by atoms with van der Waals surface area (Å²) < 4.78 is 5.70. The van der Waals surface area contributed by atoms with E-state index in [0.717, 1.165) is 25.4 Å². The highest BCUT2D eigenvalue weighted by molar-refractivity contribution is 5.84. The molecule has 6 fully saturated rings. The van der Waals surface area contributed by atoms with Gasteiger partial charge in [-0.1, -0.05) is 18.2 Å². The van der Waals surface area contributed by atoms with Crippen LogP contribution in [0.1, 0.15) is 24.3 Å². The van der Waals surface area contributed by atoms with Crippen LogP contribution < -0.4 is 10.1 Å². The molecule has 6 aliphatic rings. The molecule has 27 heavy (non-hydrogen) atoms. The third-order valence-electron chi connectivity index (χ3n) is 8.19. The highest BCUT2D eigenvalue weighted by Crippen LogP contribution is 2.53. The Kier molecular flexibility index (Phi) is 3.61. The molecule has 2 bridgehead atoms. The molecule has 1 aromatic rings. The van der Waals surface area contributed by atoms with Crippen LogP contribution in [0.15, 0.2) is 24.3 Å². The van der Waals surface area contributed by atoms with Crippen molar-refractivity contribution in [3.8, 4) is 5.75 Å². The number of amides is 1. The summed E-state index contributed by atoms with van der Waals surface area (Å²) in [6.07, 6.45) is 2.51. The largest absolute Gasteiger partial charge is 0.496 e. The van der Waals surface area contributed by atoms with Gasteiger partial charge in [0.15, 0.2) is 0 Å². The number of para-hydroxylation sites is 1. The second kappa shape index (κ2) is 5.95. The van der Waals surface area contributed by atoms with Gasteiger partial charge in [-0.15, -0.1) is 0 Å². The quantitative estimate of drug-likeness (QED) is 0.881. The Bertz CT molecular complexity index is 750. The third kappa shape index (κ3) is 2.27. The number of nitrogens with zero attached hydrogens (tertiary/aromatic N) is 2. The van der Waals surface area contributed by atoms with Crippen molar-refractivity contribution in [3.05, 3.63) is 29.8 Å². The minimum Gasteiger partial charge on any atom is -0.496 e. The van der Waals surface area contributed by atoms with Gasteiger partial charge in [-0.3, -0.25) is 9.69 Å². The Hall–Kier alpha value is -1.59. The lowest BCUT2D eigenvalue weighted by Gasteiger charge is -2.51. The SMILES string of the molecule is COc1ccccc1[C@@H]1CN(C(=O)C2[C@H]3CNC[C@@H]23)[C@@H]2C3CCN(CC3)[C@@H]21. The Labute approximate surface area is 161 Å². The summed E-state index contributed by atoms with van der Waals surface area (Å²) >= 11 is 0. The average Bonchev–Trinajstić information content (AvgIpc) is 3.08. The van der Waals surface area contributed by atoms with Crippen LogP contribution in [-0.4, -0.2) is 67.6 Å². The summed E-state index contributed by atoms with van der Waals surface area (Å²) in [4.78, 5) is 18.5. The zero-order valence-corrected chi connectivity index (χ0v) is 16.0. The molecule has 1 N–H and O–H groups in total. The van der Waals surface area contributed by atoms with Gasteiger partial charge in [-0.05, 0) is 62.8 Å². The molecule has 5 aliphatic heterocycles. The van der Waals surface area contributed by atoms with Crippen LogP contribution in [0.4, 0.5) is 0 Å². The Morgan fingerprint density at radius 2 is 1.85 bits per heavy atom. The first-order valence-electron chi connectivity index (χ1n) is 10.7. The van der Waals surface area contributed by atoms with E-state index in [4.69, 9.17) is 4.74 Å². The van der Waals surface area contributed by atoms with Crippen LogP contribution in [0.5, 0.6) is 5.75 Å². The van der Waals surface area contributed by atoms with Crippen molar-refractivity contribution in [2.75, 3.05) is 39.8 Å². The maximum absolute atomic E-state index is 13.5. The van der Waals surface area contributed by atoms with Crippen molar-refractivity contribution in [2.45, 2.75) is 30.8 Å². The molecule has 0 spiro atoms. The van der Waals surface area contributed by atoms with Crippen LogP contribution in [0.3, 0.4) is 0 Å². The smallest absolute Gasteiger partial charge is 0.226 e. The Morgan fingerprint density at radius 3 is 2.59 bits per heavy atom. The fraction of sp³-hybridized carbons (Fsp3) is 0.682. The van der Waals surface area contributed by atoms with Crippen LogP contribution in [0.25, 0.3) is 0 Å². The summed E-state index contributed by atoms with van der Waals surface area (Å²) in [5, 5.41) is 3.43. The lowest BCUT2D eigenvalue weighted by Crippen LogP contribution is -2.61. The van der Waals surface area contributed by atoms with Gasteiger partial charge in [0.1, 0.15) is 5.75 Å². The van der Waals surface area contributed by atoms with Gasteiger partial charge in [0.25, 0.3) is 0 Å². The van der Waals surface area contributed by atoms with E-state index < -0.39 is 0 Å². The number of piperidine rings is 4. The van der Waals surface area contributed by atoms with Gasteiger partial charge in [-0.25, -0.2) is 0 Å². The van der Waals surface area contributed by atoms with Crippen molar-refractivity contribution >= 4 is 5.91 Å². The van der Waals surface area contributed by atoms with Crippen molar-refractivity contribution in [3.63, 3.8) is 0 Å². The lowest BCUT2D eigenvalue weighted by atomic mass is 9.75. The van der Waals surface area contributed by atoms with E-state index in [2.05, 4.69) is 33.3 Å². The van der Waals surface area contributed by atoms with Crippen molar-refractivity contribution in [1.82, 2.24) is 15.1 Å². The fourth-order valence-electron chi connectivity index (χ4n) is 6.89. The van der Waals surface area contributed by atoms with Crippen molar-refractivity contribution in [1.29, 1.82) is 0 Å². The highest BCUT2D eigenvalue weighted by atomic mass is 16.5. The van der Waals surface area contributed by atoms with Gasteiger partial charge >= 0.3 is 0 Å². The minimum atomic E-state index is 0.291. The molecular weight excluding hydrogens is 338 g/mol. The average molecular weight is 367 g/mol. The van der Waals surface area contributed by atoms with E-state index >= 15 is 0 Å². The van der Waals surface area contributed by atoms with E-state index in [9.17, 15) is 4.79 Å². The number of carbonyl (C=O) groups excluding carboxylic acids is 1. The fourth-order valence-corrected chi connectivity index (χ4v) is 6.89. The maximum atomic E-state index is 13.5. The molecule has 5 nitrogen and oxygen atoms in total. The highest BCUT2D eigenvalue weighted by Gasteiger charge is 2.62. The van der Waals surface area contributed by atoms with E-state index in [-0.39, 0.29) is 0 Å². The number of rotatable bonds is 3. The number of hydrogen-bond donors (Lipinski definition) is 1. The van der Waals surface area contributed by atoms with Gasteiger partial charge < -0.3 is 15.0 Å². The minimum absolute atomic E-state index is 0.291. The molecule has 5 saturated heterocycles. The normalized spacial score (nSPS) is 44.1. The van der Waals surface area contributed by atoms with E-state index in [1.54, 1.807) is 7.11 Å². The first kappa shape index (κ1) is 16.4. The van der Waals surface area contributed by atoms with E-state index in [0.29, 0.717) is 47.6 Å². The molecule has 0 aromatic heterocycles. The number of hydrogen-bond acceptors (Lipinski definition) is 4. The van der Waals surface area contributed by atoms with E-state index in [1.807, 2.05) is 6.07 Å². The number of carbonyl (C=O) groups is 1. The molecule has 5 heterocycles.